The molecule has 1 fully saturated rings. The Morgan fingerprint density at radius 2 is 2.04 bits per heavy atom. The van der Waals surface area contributed by atoms with Crippen molar-refractivity contribution in [1.29, 1.82) is 0 Å². The molecule has 0 saturated carbocycles. The van der Waals surface area contributed by atoms with Gasteiger partial charge in [0.2, 0.25) is 5.91 Å². The van der Waals surface area contributed by atoms with Gasteiger partial charge in [-0.3, -0.25) is 9.59 Å². The molecule has 6 nitrogen and oxygen atoms in total. The number of nitrogens with zero attached hydrogens (tertiary/aromatic N) is 2. The van der Waals surface area contributed by atoms with Crippen molar-refractivity contribution >= 4 is 39.1 Å². The van der Waals surface area contributed by atoms with E-state index in [-0.39, 0.29) is 24.4 Å². The number of carbonyl (C=O) groups excluding carboxylic acids is 2. The van der Waals surface area contributed by atoms with Crippen LogP contribution in [0.4, 0.5) is 0 Å². The van der Waals surface area contributed by atoms with Crippen molar-refractivity contribution in [3.8, 4) is 11.5 Å². The number of benzene rings is 1. The summed E-state index contributed by atoms with van der Waals surface area (Å²) >= 11 is 4.72. The summed E-state index contributed by atoms with van der Waals surface area (Å²) in [4.78, 5) is 29.5. The van der Waals surface area contributed by atoms with Crippen molar-refractivity contribution in [2.24, 2.45) is 0 Å². The van der Waals surface area contributed by atoms with E-state index in [1.54, 1.807) is 27.3 Å². The van der Waals surface area contributed by atoms with E-state index < -0.39 is 0 Å². The quantitative estimate of drug-likeness (QED) is 0.646. The number of ether oxygens (including phenoxy) is 2. The third-order valence-electron chi connectivity index (χ3n) is 4.87. The number of hydrogen-bond acceptors (Lipinski definition) is 5. The highest BCUT2D eigenvalue weighted by Gasteiger charge is 2.33. The highest BCUT2D eigenvalue weighted by Crippen LogP contribution is 2.39. The van der Waals surface area contributed by atoms with Crippen LogP contribution in [-0.4, -0.2) is 56.0 Å². The van der Waals surface area contributed by atoms with E-state index in [9.17, 15) is 9.59 Å². The fraction of sp³-hybridized carbons (Fsp3) is 0.400. The van der Waals surface area contributed by atoms with Crippen LogP contribution in [-0.2, 0) is 4.79 Å². The monoisotopic (exact) mass is 466 g/mol. The Hall–Kier alpha value is -2.06. The van der Waals surface area contributed by atoms with Crippen molar-refractivity contribution in [2.75, 3.05) is 34.4 Å². The summed E-state index contributed by atoms with van der Waals surface area (Å²) in [5, 5.41) is 0. The fourth-order valence-electron chi connectivity index (χ4n) is 3.47. The standard InChI is InChI=1S/C20H23BrN2O4S/c1-22(20(25)17-8-9-18(21)28-17)12-19(24)23-10-4-5-15(23)14-11-13(26-2)6-7-16(14)27-3/h6-9,11,15H,4-5,10,12H2,1-3H3. The first kappa shape index (κ1) is 20.7. The van der Waals surface area contributed by atoms with E-state index in [0.717, 1.165) is 33.7 Å². The Balaban J connectivity index is 1.75. The number of hydrogen-bond donors (Lipinski definition) is 0. The molecule has 1 aromatic heterocycles. The van der Waals surface area contributed by atoms with Gasteiger partial charge in [0.1, 0.15) is 11.5 Å². The minimum absolute atomic E-state index is 0.0388. The lowest BCUT2D eigenvalue weighted by Crippen LogP contribution is -2.40. The van der Waals surface area contributed by atoms with Crippen LogP contribution in [0.3, 0.4) is 0 Å². The van der Waals surface area contributed by atoms with Gasteiger partial charge in [-0.15, -0.1) is 11.3 Å². The number of carbonyl (C=O) groups is 2. The molecule has 1 unspecified atom stereocenters. The summed E-state index contributed by atoms with van der Waals surface area (Å²) in [6, 6.07) is 9.13. The predicted octanol–water partition coefficient (Wildman–Crippen LogP) is 3.96. The van der Waals surface area contributed by atoms with Crippen molar-refractivity contribution in [3.05, 3.63) is 44.6 Å². The van der Waals surface area contributed by atoms with Crippen LogP contribution >= 0.6 is 27.3 Å². The highest BCUT2D eigenvalue weighted by molar-refractivity contribution is 9.11. The lowest BCUT2D eigenvalue weighted by Gasteiger charge is -2.28. The molecule has 1 atom stereocenters. The summed E-state index contributed by atoms with van der Waals surface area (Å²) in [5.74, 6) is 1.24. The largest absolute Gasteiger partial charge is 0.497 e. The molecule has 2 amide bonds. The zero-order chi connectivity index (χ0) is 20.3. The van der Waals surface area contributed by atoms with Crippen LogP contribution in [0.1, 0.15) is 34.1 Å². The first-order valence-corrected chi connectivity index (χ1v) is 10.6. The van der Waals surface area contributed by atoms with Crippen LogP contribution in [0.2, 0.25) is 0 Å². The number of likely N-dealkylation sites (N-methyl/N-ethyl adjacent to an activating group) is 1. The lowest BCUT2D eigenvalue weighted by molar-refractivity contribution is -0.132. The van der Waals surface area contributed by atoms with E-state index in [1.807, 2.05) is 29.2 Å². The zero-order valence-corrected chi connectivity index (χ0v) is 18.5. The first-order valence-electron chi connectivity index (χ1n) is 8.96. The third-order valence-corrected chi connectivity index (χ3v) is 6.48. The van der Waals surface area contributed by atoms with Gasteiger partial charge < -0.3 is 19.3 Å². The van der Waals surface area contributed by atoms with Gasteiger partial charge in [0.15, 0.2) is 0 Å². The second kappa shape index (κ2) is 8.96. The maximum atomic E-state index is 13.0. The molecule has 3 rings (SSSR count). The number of halogens is 1. The van der Waals surface area contributed by atoms with Crippen molar-refractivity contribution in [2.45, 2.75) is 18.9 Å². The smallest absolute Gasteiger partial charge is 0.264 e. The molecule has 150 valence electrons. The SMILES string of the molecule is COc1ccc(OC)c(C2CCCN2C(=O)CN(C)C(=O)c2ccc(Br)s2)c1. The number of thiophene rings is 1. The van der Waals surface area contributed by atoms with Gasteiger partial charge >= 0.3 is 0 Å². The Morgan fingerprint density at radius 1 is 1.25 bits per heavy atom. The minimum Gasteiger partial charge on any atom is -0.497 e. The molecule has 0 bridgehead atoms. The summed E-state index contributed by atoms with van der Waals surface area (Å²) in [5.41, 5.74) is 0.934. The second-order valence-electron chi connectivity index (χ2n) is 6.62. The third kappa shape index (κ3) is 4.33. The molecule has 0 spiro atoms. The van der Waals surface area contributed by atoms with Crippen LogP contribution in [0.15, 0.2) is 34.1 Å². The topological polar surface area (TPSA) is 59.1 Å². The average Bonchev–Trinajstić information content (AvgIpc) is 3.35. The van der Waals surface area contributed by atoms with Gasteiger partial charge in [-0.1, -0.05) is 0 Å². The molecular weight excluding hydrogens is 444 g/mol. The molecule has 0 aliphatic carbocycles. The van der Waals surface area contributed by atoms with Crippen LogP contribution in [0, 0.1) is 0 Å². The van der Waals surface area contributed by atoms with E-state index in [4.69, 9.17) is 9.47 Å². The average molecular weight is 467 g/mol. The summed E-state index contributed by atoms with van der Waals surface area (Å²) in [6.45, 7) is 0.702. The van der Waals surface area contributed by atoms with Gasteiger partial charge in [0.05, 0.1) is 35.5 Å². The van der Waals surface area contributed by atoms with Crippen LogP contribution < -0.4 is 9.47 Å². The Morgan fingerprint density at radius 3 is 2.68 bits per heavy atom. The molecule has 2 heterocycles. The minimum atomic E-state index is -0.154. The Kier molecular flexibility index (Phi) is 6.61. The van der Waals surface area contributed by atoms with E-state index >= 15 is 0 Å². The van der Waals surface area contributed by atoms with E-state index in [1.165, 1.54) is 16.2 Å². The maximum absolute atomic E-state index is 13.0. The lowest BCUT2D eigenvalue weighted by atomic mass is 10.0. The van der Waals surface area contributed by atoms with E-state index in [0.29, 0.717) is 11.4 Å². The zero-order valence-electron chi connectivity index (χ0n) is 16.1. The van der Waals surface area contributed by atoms with Gasteiger partial charge in [0.25, 0.3) is 5.91 Å². The predicted molar refractivity (Wildman–Crippen MR) is 112 cm³/mol. The van der Waals surface area contributed by atoms with Crippen molar-refractivity contribution in [3.63, 3.8) is 0 Å². The second-order valence-corrected chi connectivity index (χ2v) is 9.08. The number of likely N-dealkylation sites (tertiary alicyclic amines) is 1. The van der Waals surface area contributed by atoms with Gasteiger partial charge in [-0.25, -0.2) is 0 Å². The normalized spacial score (nSPS) is 16.1. The summed E-state index contributed by atoms with van der Waals surface area (Å²) in [6.07, 6.45) is 1.76. The molecule has 1 aliphatic rings. The highest BCUT2D eigenvalue weighted by atomic mass is 79.9. The number of rotatable bonds is 6. The van der Waals surface area contributed by atoms with E-state index in [2.05, 4.69) is 15.9 Å². The Bertz CT molecular complexity index is 870. The maximum Gasteiger partial charge on any atom is 0.264 e. The number of methoxy groups -OCH3 is 2. The Labute approximate surface area is 177 Å². The van der Waals surface area contributed by atoms with Crippen LogP contribution in [0.25, 0.3) is 0 Å². The van der Waals surface area contributed by atoms with Crippen molar-refractivity contribution in [1.82, 2.24) is 9.80 Å². The van der Waals surface area contributed by atoms with Crippen LogP contribution in [0.5, 0.6) is 11.5 Å². The molecule has 2 aromatic rings. The molecule has 1 aliphatic heterocycles. The van der Waals surface area contributed by atoms with Gasteiger partial charge in [-0.2, -0.15) is 0 Å². The molecular formula is C20H23BrN2O4S. The van der Waals surface area contributed by atoms with Crippen molar-refractivity contribution < 1.29 is 19.1 Å². The molecule has 0 radical (unpaired) electrons. The first-order chi connectivity index (χ1) is 13.4. The summed E-state index contributed by atoms with van der Waals surface area (Å²) < 4.78 is 11.7. The van der Waals surface area contributed by atoms with Gasteiger partial charge in [-0.05, 0) is 59.1 Å². The number of amides is 2. The molecule has 28 heavy (non-hydrogen) atoms. The molecule has 0 N–H and O–H groups in total. The molecule has 1 aromatic carbocycles. The molecule has 8 heteroatoms. The van der Waals surface area contributed by atoms with Gasteiger partial charge in [0, 0.05) is 19.2 Å². The molecule has 1 saturated heterocycles. The fourth-order valence-corrected chi connectivity index (χ4v) is 4.85. The summed E-state index contributed by atoms with van der Waals surface area (Å²) in [7, 11) is 4.90.